The number of aliphatic imine (C=N–C) groups is 2. The van der Waals surface area contributed by atoms with Crippen LogP contribution in [0.4, 0.5) is 0 Å². The highest BCUT2D eigenvalue weighted by Crippen LogP contribution is 2.38. The maximum absolute atomic E-state index is 5.65. The van der Waals surface area contributed by atoms with Crippen molar-refractivity contribution >= 4 is 44.1 Å². The van der Waals surface area contributed by atoms with Crippen LogP contribution >= 0.6 is 0 Å². The standard InChI is InChI=1S/C34H24N4O2/c1-2-6-24-23(5-1)27-19-21(29-7-3-9-31(37-29)33-35-15-17-39-33)11-13-25(27)26-14-12-22(20-28(24)26)30-8-4-10-32(38-30)34-36-16-18-40-34/h1-14,19-20H,15-18H2. The molecule has 2 aromatic heterocycles. The molecule has 192 valence electrons. The number of fused-ring (bicyclic) bond motifs is 6. The van der Waals surface area contributed by atoms with E-state index >= 15 is 0 Å². The highest BCUT2D eigenvalue weighted by Gasteiger charge is 2.16. The van der Waals surface area contributed by atoms with Crippen molar-refractivity contribution in [2.24, 2.45) is 9.98 Å². The van der Waals surface area contributed by atoms with E-state index in [0.717, 1.165) is 33.9 Å². The lowest BCUT2D eigenvalue weighted by atomic mass is 9.91. The Hall–Kier alpha value is -5.10. The van der Waals surface area contributed by atoms with Gasteiger partial charge in [0.2, 0.25) is 11.8 Å². The molecular weight excluding hydrogens is 496 g/mol. The minimum absolute atomic E-state index is 0.614. The monoisotopic (exact) mass is 520 g/mol. The summed E-state index contributed by atoms with van der Waals surface area (Å²) in [4.78, 5) is 18.6. The van der Waals surface area contributed by atoms with Crippen molar-refractivity contribution in [2.45, 2.75) is 0 Å². The summed E-state index contributed by atoms with van der Waals surface area (Å²) in [5.74, 6) is 1.25. The Morgan fingerprint density at radius 2 is 0.875 bits per heavy atom. The molecule has 2 aliphatic rings. The third-order valence-corrected chi connectivity index (χ3v) is 7.54. The lowest BCUT2D eigenvalue weighted by Crippen LogP contribution is -2.04. The number of benzene rings is 4. The highest BCUT2D eigenvalue weighted by atomic mass is 16.5. The fraction of sp³-hybridized carbons (Fsp3) is 0.118. The summed E-state index contributed by atoms with van der Waals surface area (Å²) in [5.41, 5.74) is 5.47. The fourth-order valence-corrected chi connectivity index (χ4v) is 5.68. The Labute approximate surface area is 230 Å². The number of hydrogen-bond donors (Lipinski definition) is 0. The van der Waals surface area contributed by atoms with Crippen molar-refractivity contribution in [3.05, 3.63) is 108 Å². The molecule has 0 unspecified atom stereocenters. The molecule has 6 aromatic rings. The maximum Gasteiger partial charge on any atom is 0.235 e. The molecule has 0 bridgehead atoms. The second-order valence-electron chi connectivity index (χ2n) is 9.95. The van der Waals surface area contributed by atoms with E-state index in [1.165, 1.54) is 32.3 Å². The van der Waals surface area contributed by atoms with Crippen molar-refractivity contribution in [2.75, 3.05) is 26.3 Å². The summed E-state index contributed by atoms with van der Waals surface area (Å²) in [6.45, 7) is 2.60. The number of hydrogen-bond acceptors (Lipinski definition) is 6. The van der Waals surface area contributed by atoms with E-state index < -0.39 is 0 Å². The molecule has 0 N–H and O–H groups in total. The lowest BCUT2D eigenvalue weighted by Gasteiger charge is -2.13. The minimum Gasteiger partial charge on any atom is -0.474 e. The smallest absolute Gasteiger partial charge is 0.235 e. The Balaban J connectivity index is 1.28. The average Bonchev–Trinajstić information content (AvgIpc) is 3.77. The van der Waals surface area contributed by atoms with Gasteiger partial charge in [-0.05, 0) is 68.7 Å². The summed E-state index contributed by atoms with van der Waals surface area (Å²) in [7, 11) is 0. The molecule has 4 heterocycles. The molecular formula is C34H24N4O2. The topological polar surface area (TPSA) is 69.0 Å². The van der Waals surface area contributed by atoms with Crippen molar-refractivity contribution in [3.63, 3.8) is 0 Å². The van der Waals surface area contributed by atoms with E-state index in [9.17, 15) is 0 Å². The Kier molecular flexibility index (Phi) is 5.30. The third-order valence-electron chi connectivity index (χ3n) is 7.54. The molecule has 8 rings (SSSR count). The first-order valence-corrected chi connectivity index (χ1v) is 13.5. The van der Waals surface area contributed by atoms with Crippen molar-refractivity contribution in [1.29, 1.82) is 0 Å². The second-order valence-corrected chi connectivity index (χ2v) is 9.95. The molecule has 0 amide bonds. The van der Waals surface area contributed by atoms with E-state index in [-0.39, 0.29) is 0 Å². The van der Waals surface area contributed by atoms with Gasteiger partial charge in [0.15, 0.2) is 0 Å². The largest absolute Gasteiger partial charge is 0.474 e. The first-order valence-electron chi connectivity index (χ1n) is 13.5. The number of aromatic nitrogens is 2. The van der Waals surface area contributed by atoms with Crippen LogP contribution in [0.2, 0.25) is 0 Å². The SMILES string of the molecule is c1cc(C2=NCCO2)nc(-c2ccc3c4ccc(-c5cccc(C6=NCCO6)n5)cc4c4ccccc4c3c2)c1. The molecule has 4 aromatic carbocycles. The van der Waals surface area contributed by atoms with Crippen LogP contribution in [0.1, 0.15) is 11.4 Å². The molecule has 6 heteroatoms. The van der Waals surface area contributed by atoms with Gasteiger partial charge in [-0.15, -0.1) is 0 Å². The first-order chi connectivity index (χ1) is 19.8. The highest BCUT2D eigenvalue weighted by molar-refractivity contribution is 6.26. The van der Waals surface area contributed by atoms with E-state index in [0.29, 0.717) is 38.1 Å². The van der Waals surface area contributed by atoms with Gasteiger partial charge in [-0.1, -0.05) is 60.7 Å². The molecule has 0 aliphatic carbocycles. The van der Waals surface area contributed by atoms with Crippen LogP contribution in [0, 0.1) is 0 Å². The Morgan fingerprint density at radius 1 is 0.425 bits per heavy atom. The van der Waals surface area contributed by atoms with Crippen LogP contribution in [0.5, 0.6) is 0 Å². The van der Waals surface area contributed by atoms with Crippen LogP contribution in [0.25, 0.3) is 54.8 Å². The van der Waals surface area contributed by atoms with Gasteiger partial charge in [0.05, 0.1) is 24.5 Å². The van der Waals surface area contributed by atoms with Gasteiger partial charge in [0.1, 0.15) is 24.6 Å². The molecule has 0 saturated heterocycles. The zero-order valence-electron chi connectivity index (χ0n) is 21.7. The van der Waals surface area contributed by atoms with E-state index in [1.54, 1.807) is 0 Å². The van der Waals surface area contributed by atoms with Gasteiger partial charge in [0.25, 0.3) is 0 Å². The van der Waals surface area contributed by atoms with Crippen molar-refractivity contribution < 1.29 is 9.47 Å². The zero-order valence-corrected chi connectivity index (χ0v) is 21.7. The van der Waals surface area contributed by atoms with Crippen LogP contribution in [0.15, 0.2) is 107 Å². The Morgan fingerprint density at radius 3 is 1.32 bits per heavy atom. The molecule has 0 fully saturated rings. The third kappa shape index (κ3) is 3.80. The van der Waals surface area contributed by atoms with E-state index in [1.807, 2.05) is 36.4 Å². The number of rotatable bonds is 4. The number of ether oxygens (including phenoxy) is 2. The van der Waals surface area contributed by atoms with Gasteiger partial charge in [-0.2, -0.15) is 0 Å². The quantitative estimate of drug-likeness (QED) is 0.239. The van der Waals surface area contributed by atoms with Crippen LogP contribution in [-0.2, 0) is 9.47 Å². The van der Waals surface area contributed by atoms with Crippen LogP contribution in [0.3, 0.4) is 0 Å². The summed E-state index contributed by atoms with van der Waals surface area (Å²) < 4.78 is 11.3. The molecule has 0 atom stereocenters. The zero-order chi connectivity index (χ0) is 26.5. The van der Waals surface area contributed by atoms with Gasteiger partial charge in [-0.3, -0.25) is 0 Å². The molecule has 0 spiro atoms. The minimum atomic E-state index is 0.614. The average molecular weight is 521 g/mol. The van der Waals surface area contributed by atoms with Gasteiger partial charge in [-0.25, -0.2) is 20.0 Å². The van der Waals surface area contributed by atoms with Gasteiger partial charge >= 0.3 is 0 Å². The summed E-state index contributed by atoms with van der Waals surface area (Å²) in [6, 6.07) is 33.9. The van der Waals surface area contributed by atoms with Gasteiger partial charge in [0, 0.05) is 11.1 Å². The summed E-state index contributed by atoms with van der Waals surface area (Å²) >= 11 is 0. The summed E-state index contributed by atoms with van der Waals surface area (Å²) in [6.07, 6.45) is 0. The van der Waals surface area contributed by atoms with E-state index in [2.05, 4.69) is 70.6 Å². The summed E-state index contributed by atoms with van der Waals surface area (Å²) in [5, 5.41) is 7.23. The van der Waals surface area contributed by atoms with E-state index in [4.69, 9.17) is 19.4 Å². The predicted octanol–water partition coefficient (Wildman–Crippen LogP) is 6.82. The first kappa shape index (κ1) is 22.8. The second kappa shape index (κ2) is 9.27. The molecule has 40 heavy (non-hydrogen) atoms. The molecule has 2 aliphatic heterocycles. The molecule has 6 nitrogen and oxygen atoms in total. The van der Waals surface area contributed by atoms with Crippen molar-refractivity contribution in [1.82, 2.24) is 9.97 Å². The number of nitrogens with zero attached hydrogens (tertiary/aromatic N) is 4. The molecule has 0 radical (unpaired) electrons. The normalized spacial score (nSPS) is 14.8. The van der Waals surface area contributed by atoms with Crippen LogP contribution < -0.4 is 0 Å². The van der Waals surface area contributed by atoms with Crippen molar-refractivity contribution in [3.8, 4) is 22.5 Å². The molecule has 0 saturated carbocycles. The lowest BCUT2D eigenvalue weighted by molar-refractivity contribution is 0.347. The predicted molar refractivity (Wildman–Crippen MR) is 160 cm³/mol. The fourth-order valence-electron chi connectivity index (χ4n) is 5.68. The maximum atomic E-state index is 5.65. The van der Waals surface area contributed by atoms with Gasteiger partial charge < -0.3 is 9.47 Å². The Bertz CT molecular complexity index is 1860. The number of pyridine rings is 2. The van der Waals surface area contributed by atoms with Crippen LogP contribution in [-0.4, -0.2) is 48.1 Å².